The highest BCUT2D eigenvalue weighted by atomic mass is 16.8. The van der Waals surface area contributed by atoms with Crippen LogP contribution in [0, 0.1) is 17.8 Å². The van der Waals surface area contributed by atoms with Gasteiger partial charge in [0.15, 0.2) is 6.10 Å². The number of hydrogen-bond acceptors (Lipinski definition) is 4. The minimum atomic E-state index is -0.362. The quantitative estimate of drug-likeness (QED) is 0.785. The Kier molecular flexibility index (Phi) is 4.35. The molecule has 0 amide bonds. The van der Waals surface area contributed by atoms with Gasteiger partial charge < -0.3 is 14.3 Å². The van der Waals surface area contributed by atoms with Crippen molar-refractivity contribution in [3.8, 4) is 0 Å². The van der Waals surface area contributed by atoms with Crippen LogP contribution >= 0.6 is 0 Å². The predicted molar refractivity (Wildman–Crippen MR) is 92.7 cm³/mol. The maximum Gasteiger partial charge on any atom is 0.256 e. The Morgan fingerprint density at radius 3 is 2.71 bits per heavy atom. The number of benzene rings is 1. The van der Waals surface area contributed by atoms with E-state index in [4.69, 9.17) is 14.3 Å². The molecule has 2 aliphatic heterocycles. The van der Waals surface area contributed by atoms with Crippen LogP contribution in [-0.4, -0.2) is 30.3 Å². The van der Waals surface area contributed by atoms with Gasteiger partial charge in [-0.2, -0.15) is 0 Å². The summed E-state index contributed by atoms with van der Waals surface area (Å²) < 4.78 is 12.2. The molecule has 4 nitrogen and oxygen atoms in total. The van der Waals surface area contributed by atoms with Crippen LogP contribution in [0.2, 0.25) is 0 Å². The Morgan fingerprint density at radius 1 is 1.17 bits per heavy atom. The first kappa shape index (κ1) is 16.1. The number of fused-ring (bicyclic) bond motifs is 1. The molecule has 1 aromatic rings. The number of nitrogens with zero attached hydrogens (tertiary/aromatic N) is 1. The van der Waals surface area contributed by atoms with Crippen LogP contribution in [-0.2, 0) is 14.3 Å². The fourth-order valence-corrected chi connectivity index (χ4v) is 4.14. The van der Waals surface area contributed by atoms with Gasteiger partial charge in [-0.15, -0.1) is 0 Å². The molecule has 0 radical (unpaired) electrons. The standard InChI is InChI=1S/C20H27NO3/c1-12(2)15-10-9-13(3)11-16(15)22-20-19-18(23-19)17(21-24-20)14-7-5-4-6-8-14/h4-8,12-13,15-16,18-20H,9-11H2,1-3H3/t13-,15+,16-,18+,19+,20+/m1/s1. The second-order valence-corrected chi connectivity index (χ2v) is 7.84. The third-order valence-corrected chi connectivity index (χ3v) is 5.66. The topological polar surface area (TPSA) is 43.4 Å². The number of oxime groups is 1. The predicted octanol–water partition coefficient (Wildman–Crippen LogP) is 3.99. The normalized spacial score (nSPS) is 38.2. The van der Waals surface area contributed by atoms with E-state index in [1.807, 2.05) is 30.3 Å². The molecule has 6 atom stereocenters. The average Bonchev–Trinajstić information content (AvgIpc) is 3.37. The summed E-state index contributed by atoms with van der Waals surface area (Å²) in [4.78, 5) is 5.71. The third kappa shape index (κ3) is 3.09. The van der Waals surface area contributed by atoms with Crippen LogP contribution in [0.4, 0.5) is 0 Å². The summed E-state index contributed by atoms with van der Waals surface area (Å²) in [6.07, 6.45) is 3.54. The van der Waals surface area contributed by atoms with E-state index in [0.717, 1.165) is 17.7 Å². The van der Waals surface area contributed by atoms with Crippen molar-refractivity contribution in [3.63, 3.8) is 0 Å². The van der Waals surface area contributed by atoms with Crippen molar-refractivity contribution >= 4 is 5.71 Å². The van der Waals surface area contributed by atoms with Gasteiger partial charge >= 0.3 is 0 Å². The zero-order valence-electron chi connectivity index (χ0n) is 14.7. The summed E-state index contributed by atoms with van der Waals surface area (Å²) in [6.45, 7) is 6.90. The van der Waals surface area contributed by atoms with Crippen molar-refractivity contribution < 1.29 is 14.3 Å². The van der Waals surface area contributed by atoms with Crippen molar-refractivity contribution in [2.24, 2.45) is 22.9 Å². The zero-order chi connectivity index (χ0) is 16.7. The fraction of sp³-hybridized carbons (Fsp3) is 0.650. The van der Waals surface area contributed by atoms with Crippen molar-refractivity contribution in [1.82, 2.24) is 0 Å². The van der Waals surface area contributed by atoms with Crippen molar-refractivity contribution in [2.75, 3.05) is 0 Å². The van der Waals surface area contributed by atoms with Gasteiger partial charge in [0.25, 0.3) is 6.29 Å². The Labute approximate surface area is 144 Å². The average molecular weight is 329 g/mol. The van der Waals surface area contributed by atoms with Gasteiger partial charge in [-0.25, -0.2) is 0 Å². The minimum Gasteiger partial charge on any atom is -0.360 e. The number of ether oxygens (including phenoxy) is 2. The number of rotatable bonds is 4. The molecule has 0 unspecified atom stereocenters. The van der Waals surface area contributed by atoms with Crippen molar-refractivity contribution in [1.29, 1.82) is 0 Å². The molecule has 1 aromatic carbocycles. The molecule has 1 saturated carbocycles. The van der Waals surface area contributed by atoms with Gasteiger partial charge in [-0.1, -0.05) is 62.7 Å². The van der Waals surface area contributed by atoms with Crippen LogP contribution < -0.4 is 0 Å². The molecule has 24 heavy (non-hydrogen) atoms. The second-order valence-electron chi connectivity index (χ2n) is 7.84. The molecule has 0 bridgehead atoms. The summed E-state index contributed by atoms with van der Waals surface area (Å²) in [5.41, 5.74) is 1.95. The molecule has 2 fully saturated rings. The summed E-state index contributed by atoms with van der Waals surface area (Å²) in [7, 11) is 0. The molecule has 130 valence electrons. The molecule has 4 heteroatoms. The SMILES string of the molecule is CC(C)[C@@H]1CC[C@@H](C)C[C@H]1O[C@H]1ON=C(c2ccccc2)[C@@H]2O[C@H]12. The smallest absolute Gasteiger partial charge is 0.256 e. The molecule has 1 saturated heterocycles. The van der Waals surface area contributed by atoms with E-state index < -0.39 is 0 Å². The lowest BCUT2D eigenvalue weighted by molar-refractivity contribution is -0.205. The van der Waals surface area contributed by atoms with E-state index in [1.165, 1.54) is 12.8 Å². The molecule has 0 N–H and O–H groups in total. The largest absolute Gasteiger partial charge is 0.360 e. The first-order chi connectivity index (χ1) is 11.6. The summed E-state index contributed by atoms with van der Waals surface area (Å²) >= 11 is 0. The maximum absolute atomic E-state index is 6.36. The Balaban J connectivity index is 1.45. The van der Waals surface area contributed by atoms with Crippen LogP contribution in [0.25, 0.3) is 0 Å². The lowest BCUT2D eigenvalue weighted by Gasteiger charge is -2.38. The first-order valence-electron chi connectivity index (χ1n) is 9.23. The highest BCUT2D eigenvalue weighted by Gasteiger charge is 2.55. The first-order valence-corrected chi connectivity index (χ1v) is 9.23. The summed E-state index contributed by atoms with van der Waals surface area (Å²) in [6, 6.07) is 10.1. The maximum atomic E-state index is 6.36. The second kappa shape index (κ2) is 6.49. The molecule has 0 aromatic heterocycles. The third-order valence-electron chi connectivity index (χ3n) is 5.66. The zero-order valence-corrected chi connectivity index (χ0v) is 14.7. The van der Waals surface area contributed by atoms with Gasteiger partial charge in [0, 0.05) is 5.56 Å². The van der Waals surface area contributed by atoms with Gasteiger partial charge in [-0.05, 0) is 30.6 Å². The molecule has 0 spiro atoms. The summed E-state index contributed by atoms with van der Waals surface area (Å²) in [5, 5.41) is 4.32. The van der Waals surface area contributed by atoms with Gasteiger partial charge in [0.1, 0.15) is 11.8 Å². The van der Waals surface area contributed by atoms with Crippen LogP contribution in [0.3, 0.4) is 0 Å². The number of epoxide rings is 1. The highest BCUT2D eigenvalue weighted by molar-refractivity contribution is 6.05. The molecular formula is C20H27NO3. The van der Waals surface area contributed by atoms with Crippen LogP contribution in [0.15, 0.2) is 35.5 Å². The molecule has 3 aliphatic rings. The fourth-order valence-electron chi connectivity index (χ4n) is 4.14. The lowest BCUT2D eigenvalue weighted by Crippen LogP contribution is -2.41. The van der Waals surface area contributed by atoms with Crippen LogP contribution in [0.5, 0.6) is 0 Å². The van der Waals surface area contributed by atoms with E-state index in [-0.39, 0.29) is 24.6 Å². The monoisotopic (exact) mass is 329 g/mol. The van der Waals surface area contributed by atoms with Gasteiger partial charge in [0.05, 0.1) is 6.10 Å². The van der Waals surface area contributed by atoms with Crippen molar-refractivity contribution in [3.05, 3.63) is 35.9 Å². The van der Waals surface area contributed by atoms with E-state index in [9.17, 15) is 0 Å². The van der Waals surface area contributed by atoms with Crippen LogP contribution in [0.1, 0.15) is 45.6 Å². The highest BCUT2D eigenvalue weighted by Crippen LogP contribution is 2.40. The Hall–Kier alpha value is -1.39. The van der Waals surface area contributed by atoms with E-state index in [2.05, 4.69) is 25.9 Å². The Bertz CT molecular complexity index is 600. The Morgan fingerprint density at radius 2 is 1.96 bits per heavy atom. The lowest BCUT2D eigenvalue weighted by atomic mass is 9.75. The summed E-state index contributed by atoms with van der Waals surface area (Å²) in [5.74, 6) is 1.94. The van der Waals surface area contributed by atoms with E-state index in [0.29, 0.717) is 17.8 Å². The molecule has 1 aliphatic carbocycles. The molecule has 4 rings (SSSR count). The number of hydrogen-bond donors (Lipinski definition) is 0. The molecular weight excluding hydrogens is 302 g/mol. The van der Waals surface area contributed by atoms with E-state index in [1.54, 1.807) is 0 Å². The van der Waals surface area contributed by atoms with Gasteiger partial charge in [0.2, 0.25) is 0 Å². The van der Waals surface area contributed by atoms with Crippen molar-refractivity contribution in [2.45, 2.75) is 64.6 Å². The minimum absolute atomic E-state index is 0.0113. The van der Waals surface area contributed by atoms with E-state index >= 15 is 0 Å². The molecule has 2 heterocycles. The van der Waals surface area contributed by atoms with Gasteiger partial charge in [-0.3, -0.25) is 0 Å².